The summed E-state index contributed by atoms with van der Waals surface area (Å²) in [5.41, 5.74) is 1.60. The van der Waals surface area contributed by atoms with Crippen molar-refractivity contribution in [1.82, 2.24) is 4.57 Å². The Labute approximate surface area is 172 Å². The third kappa shape index (κ3) is 4.04. The van der Waals surface area contributed by atoms with E-state index in [1.165, 1.54) is 13.2 Å². The van der Waals surface area contributed by atoms with Gasteiger partial charge >= 0.3 is 5.97 Å². The minimum Gasteiger partial charge on any atom is -0.506 e. The smallest absolute Gasteiger partial charge is 0.341 e. The lowest BCUT2D eigenvalue weighted by atomic mass is 10.1. The predicted molar refractivity (Wildman–Crippen MR) is 108 cm³/mol. The molecule has 0 radical (unpaired) electrons. The maximum absolute atomic E-state index is 11.8. The molecule has 0 unspecified atom stereocenters. The van der Waals surface area contributed by atoms with Gasteiger partial charge in [0.05, 0.1) is 24.2 Å². The number of benzene rings is 2. The highest BCUT2D eigenvalue weighted by atomic mass is 35.5. The van der Waals surface area contributed by atoms with E-state index >= 15 is 0 Å². The minimum atomic E-state index is -0.597. The predicted octanol–water partition coefficient (Wildman–Crippen LogP) is 4.86. The molecule has 0 spiro atoms. The van der Waals surface area contributed by atoms with E-state index in [0.29, 0.717) is 34.3 Å². The van der Waals surface area contributed by atoms with Gasteiger partial charge in [-0.15, -0.1) is 0 Å². The maximum atomic E-state index is 11.8. The summed E-state index contributed by atoms with van der Waals surface area (Å²) in [6.45, 7) is 2.85. The Kier molecular flexibility index (Phi) is 6.34. The molecule has 0 fully saturated rings. The summed E-state index contributed by atoms with van der Waals surface area (Å²) in [5.74, 6) is -0.239. The average Bonchev–Trinajstić information content (AvgIpc) is 3.07. The Morgan fingerprint density at radius 2 is 2.00 bits per heavy atom. The monoisotopic (exact) mass is 423 g/mol. The summed E-state index contributed by atoms with van der Waals surface area (Å²) in [4.78, 5) is 11.8. The summed E-state index contributed by atoms with van der Waals surface area (Å²) in [7, 11) is 1.27. The highest BCUT2D eigenvalue weighted by Crippen LogP contribution is 2.35. The zero-order valence-electron chi connectivity index (χ0n) is 15.4. The first-order valence-corrected chi connectivity index (χ1v) is 9.29. The van der Waals surface area contributed by atoms with Crippen LogP contribution < -0.4 is 4.74 Å². The second kappa shape index (κ2) is 8.73. The van der Waals surface area contributed by atoms with Crippen LogP contribution >= 0.6 is 23.2 Å². The van der Waals surface area contributed by atoms with Crippen LogP contribution in [0, 0.1) is 0 Å². The van der Waals surface area contributed by atoms with Crippen molar-refractivity contribution in [2.24, 2.45) is 0 Å². The van der Waals surface area contributed by atoms with Gasteiger partial charge in [0.2, 0.25) is 0 Å². The van der Waals surface area contributed by atoms with Crippen LogP contribution in [0.4, 0.5) is 0 Å². The average molecular weight is 424 g/mol. The molecule has 28 heavy (non-hydrogen) atoms. The molecule has 148 valence electrons. The Morgan fingerprint density at radius 1 is 1.21 bits per heavy atom. The molecule has 3 aromatic rings. The van der Waals surface area contributed by atoms with Gasteiger partial charge in [0, 0.05) is 28.8 Å². The fourth-order valence-corrected chi connectivity index (χ4v) is 3.52. The Bertz CT molecular complexity index is 1020. The van der Waals surface area contributed by atoms with E-state index in [1.807, 2.05) is 11.5 Å². The zero-order valence-corrected chi connectivity index (χ0v) is 16.9. The number of phenols is 1. The van der Waals surface area contributed by atoms with Crippen LogP contribution in [-0.4, -0.2) is 36.2 Å². The van der Waals surface area contributed by atoms with Gasteiger partial charge in [-0.3, -0.25) is 0 Å². The van der Waals surface area contributed by atoms with Gasteiger partial charge < -0.3 is 23.9 Å². The normalized spacial score (nSPS) is 11.0. The fourth-order valence-electron chi connectivity index (χ4n) is 2.93. The number of carbonyl (C=O) groups is 1. The van der Waals surface area contributed by atoms with Crippen molar-refractivity contribution >= 4 is 40.1 Å². The van der Waals surface area contributed by atoms with Crippen molar-refractivity contribution < 1.29 is 24.1 Å². The SMILES string of the molecule is CCOCOc1c(Cl)cc(Cl)cc1Cn1ccc2c(O)c(C(=O)OC)ccc21. The molecule has 2 aromatic carbocycles. The van der Waals surface area contributed by atoms with Gasteiger partial charge in [-0.05, 0) is 37.3 Å². The third-order valence-electron chi connectivity index (χ3n) is 4.25. The molecule has 0 aliphatic heterocycles. The largest absolute Gasteiger partial charge is 0.506 e. The van der Waals surface area contributed by atoms with E-state index in [2.05, 4.69) is 0 Å². The van der Waals surface area contributed by atoms with Gasteiger partial charge in [-0.2, -0.15) is 0 Å². The first-order chi connectivity index (χ1) is 13.5. The van der Waals surface area contributed by atoms with Crippen LogP contribution in [-0.2, 0) is 16.0 Å². The van der Waals surface area contributed by atoms with Crippen LogP contribution in [0.25, 0.3) is 10.9 Å². The van der Waals surface area contributed by atoms with Gasteiger partial charge in [-0.1, -0.05) is 23.2 Å². The van der Waals surface area contributed by atoms with Crippen molar-refractivity contribution in [3.05, 3.63) is 57.7 Å². The van der Waals surface area contributed by atoms with Crippen molar-refractivity contribution in [2.45, 2.75) is 13.5 Å². The molecular weight excluding hydrogens is 405 g/mol. The van der Waals surface area contributed by atoms with Crippen LogP contribution in [0.3, 0.4) is 0 Å². The number of ether oxygens (including phenoxy) is 3. The molecule has 3 rings (SSSR count). The van der Waals surface area contributed by atoms with E-state index in [0.717, 1.165) is 11.1 Å². The third-order valence-corrected chi connectivity index (χ3v) is 4.75. The molecule has 1 N–H and O–H groups in total. The van der Waals surface area contributed by atoms with Crippen LogP contribution in [0.15, 0.2) is 36.5 Å². The summed E-state index contributed by atoms with van der Waals surface area (Å²) in [5, 5.41) is 11.8. The molecular formula is C20H19Cl2NO5. The summed E-state index contributed by atoms with van der Waals surface area (Å²) in [6.07, 6.45) is 1.80. The molecule has 1 heterocycles. The minimum absolute atomic E-state index is 0.0700. The van der Waals surface area contributed by atoms with Crippen molar-refractivity contribution in [2.75, 3.05) is 20.5 Å². The summed E-state index contributed by atoms with van der Waals surface area (Å²) < 4.78 is 17.5. The van der Waals surface area contributed by atoms with Crippen LogP contribution in [0.1, 0.15) is 22.8 Å². The van der Waals surface area contributed by atoms with Crippen molar-refractivity contribution in [1.29, 1.82) is 0 Å². The molecule has 6 nitrogen and oxygen atoms in total. The topological polar surface area (TPSA) is 69.9 Å². The van der Waals surface area contributed by atoms with E-state index < -0.39 is 5.97 Å². The summed E-state index contributed by atoms with van der Waals surface area (Å²) >= 11 is 12.5. The lowest BCUT2D eigenvalue weighted by Gasteiger charge is -2.15. The fraction of sp³-hybridized carbons (Fsp3) is 0.250. The molecule has 0 bridgehead atoms. The molecule has 8 heteroatoms. The van der Waals surface area contributed by atoms with Crippen molar-refractivity contribution in [3.63, 3.8) is 0 Å². The first-order valence-electron chi connectivity index (χ1n) is 8.53. The lowest BCUT2D eigenvalue weighted by Crippen LogP contribution is -2.07. The van der Waals surface area contributed by atoms with E-state index in [4.69, 9.17) is 37.4 Å². The Balaban J connectivity index is 1.99. The number of carbonyl (C=O) groups excluding carboxylic acids is 1. The van der Waals surface area contributed by atoms with Gasteiger partial charge in [0.25, 0.3) is 0 Å². The first kappa shape index (κ1) is 20.3. The Morgan fingerprint density at radius 3 is 2.71 bits per heavy atom. The van der Waals surface area contributed by atoms with Gasteiger partial charge in [-0.25, -0.2) is 4.79 Å². The standard InChI is InChI=1S/C20H19Cl2NO5/c1-3-27-11-28-19-12(8-13(21)9-16(19)22)10-23-7-6-14-17(23)5-4-15(18(14)24)20(25)26-2/h4-9,24H,3,10-11H2,1-2H3. The molecule has 1 aromatic heterocycles. The van der Waals surface area contributed by atoms with Crippen LogP contribution in [0.5, 0.6) is 11.5 Å². The second-order valence-electron chi connectivity index (χ2n) is 5.96. The highest BCUT2D eigenvalue weighted by molar-refractivity contribution is 6.35. The van der Waals surface area contributed by atoms with E-state index in [-0.39, 0.29) is 18.1 Å². The number of esters is 1. The van der Waals surface area contributed by atoms with E-state index in [1.54, 1.807) is 30.5 Å². The number of aromatic nitrogens is 1. The highest BCUT2D eigenvalue weighted by Gasteiger charge is 2.17. The number of hydrogen-bond acceptors (Lipinski definition) is 5. The lowest BCUT2D eigenvalue weighted by molar-refractivity contribution is 0.0218. The summed E-state index contributed by atoms with van der Waals surface area (Å²) in [6, 6.07) is 8.37. The maximum Gasteiger partial charge on any atom is 0.341 e. The quantitative estimate of drug-likeness (QED) is 0.333. The molecule has 0 saturated carbocycles. The molecule has 0 saturated heterocycles. The second-order valence-corrected chi connectivity index (χ2v) is 6.80. The number of aromatic hydroxyl groups is 1. The number of nitrogens with zero attached hydrogens (tertiary/aromatic N) is 1. The van der Waals surface area contributed by atoms with Gasteiger partial charge in [0.1, 0.15) is 17.1 Å². The molecule has 0 atom stereocenters. The van der Waals surface area contributed by atoms with Gasteiger partial charge in [0.15, 0.2) is 6.79 Å². The number of halogens is 2. The number of hydrogen-bond donors (Lipinski definition) is 1. The van der Waals surface area contributed by atoms with E-state index in [9.17, 15) is 9.90 Å². The zero-order chi connectivity index (χ0) is 20.3. The number of fused-ring (bicyclic) bond motifs is 1. The number of methoxy groups -OCH3 is 1. The number of rotatable bonds is 7. The molecule has 0 amide bonds. The van der Waals surface area contributed by atoms with Crippen molar-refractivity contribution in [3.8, 4) is 11.5 Å². The molecule has 0 aliphatic rings. The van der Waals surface area contributed by atoms with Crippen LogP contribution in [0.2, 0.25) is 10.0 Å². The molecule has 0 aliphatic carbocycles. The number of phenolic OH excluding ortho intramolecular Hbond substituents is 1. The Hall–Kier alpha value is -2.41.